The molecule has 0 aromatic heterocycles. The molecule has 1 nitrogen and oxygen atoms in total. The number of rotatable bonds is 2. The summed E-state index contributed by atoms with van der Waals surface area (Å²) >= 11 is 1.49. The lowest BCUT2D eigenvalue weighted by Crippen LogP contribution is -1.66. The molecule has 1 aromatic rings. The quantitative estimate of drug-likeness (QED) is 0.657. The van der Waals surface area contributed by atoms with E-state index in [0.29, 0.717) is 5.75 Å². The zero-order chi connectivity index (χ0) is 7.40. The van der Waals surface area contributed by atoms with Crippen LogP contribution in [-0.2, 0) is 0 Å². The molecule has 2 heteroatoms. The van der Waals surface area contributed by atoms with Gasteiger partial charge in [0.1, 0.15) is 5.75 Å². The second-order valence-corrected chi connectivity index (χ2v) is 2.82. The lowest BCUT2D eigenvalue weighted by molar-refractivity contribution is 0.474. The van der Waals surface area contributed by atoms with Crippen LogP contribution in [0, 0.1) is 0 Å². The molecule has 0 unspecified atom stereocenters. The van der Waals surface area contributed by atoms with E-state index in [1.807, 2.05) is 6.07 Å². The average molecular weight is 152 g/mol. The molecule has 0 aliphatic rings. The fourth-order valence-corrected chi connectivity index (χ4v) is 1.19. The molecule has 1 N–H and O–H groups in total. The van der Waals surface area contributed by atoms with Gasteiger partial charge in [0.05, 0.1) is 0 Å². The molecule has 0 fully saturated rings. The van der Waals surface area contributed by atoms with Crippen molar-refractivity contribution < 1.29 is 5.11 Å². The summed E-state index contributed by atoms with van der Waals surface area (Å²) in [4.78, 5) is 1.01. The van der Waals surface area contributed by atoms with Gasteiger partial charge in [0.15, 0.2) is 0 Å². The highest BCUT2D eigenvalue weighted by Crippen LogP contribution is 2.21. The molecule has 0 atom stereocenters. The number of benzene rings is 1. The van der Waals surface area contributed by atoms with E-state index >= 15 is 0 Å². The average Bonchev–Trinajstić information content (AvgIpc) is 1.88. The van der Waals surface area contributed by atoms with Crippen molar-refractivity contribution in [2.24, 2.45) is 0 Å². The molecule has 0 spiro atoms. The Labute approximate surface area is 64.4 Å². The van der Waals surface area contributed by atoms with Crippen LogP contribution in [0.2, 0.25) is 0 Å². The minimum atomic E-state index is 0.298. The summed E-state index contributed by atoms with van der Waals surface area (Å²) in [5, 5.41) is 10.7. The topological polar surface area (TPSA) is 20.2 Å². The van der Waals surface area contributed by atoms with Gasteiger partial charge in [0, 0.05) is 4.90 Å². The molecule has 52 valence electrons. The van der Waals surface area contributed by atoms with Gasteiger partial charge in [0.2, 0.25) is 0 Å². The first kappa shape index (κ1) is 7.22. The van der Waals surface area contributed by atoms with Crippen LogP contribution in [0.15, 0.2) is 41.1 Å². The second kappa shape index (κ2) is 3.32. The van der Waals surface area contributed by atoms with E-state index in [1.165, 1.54) is 11.8 Å². The summed E-state index contributed by atoms with van der Waals surface area (Å²) in [6.45, 7) is 3.57. The fraction of sp³-hybridized carbons (Fsp3) is 0. The van der Waals surface area contributed by atoms with Crippen molar-refractivity contribution in [2.75, 3.05) is 0 Å². The zero-order valence-corrected chi connectivity index (χ0v) is 6.27. The molecular weight excluding hydrogens is 144 g/mol. The molecule has 0 aliphatic heterocycles. The molecule has 0 aliphatic carbocycles. The molecule has 0 saturated heterocycles. The highest BCUT2D eigenvalue weighted by Gasteiger charge is 1.89. The first-order chi connectivity index (χ1) is 4.83. The summed E-state index contributed by atoms with van der Waals surface area (Å²) in [6, 6.07) is 7.08. The molecule has 0 radical (unpaired) electrons. The highest BCUT2D eigenvalue weighted by atomic mass is 32.2. The van der Waals surface area contributed by atoms with Crippen LogP contribution in [0.4, 0.5) is 0 Å². The molecule has 10 heavy (non-hydrogen) atoms. The van der Waals surface area contributed by atoms with Gasteiger partial charge in [0.25, 0.3) is 0 Å². The predicted molar refractivity (Wildman–Crippen MR) is 44.2 cm³/mol. The summed E-state index contributed by atoms with van der Waals surface area (Å²) in [7, 11) is 0. The van der Waals surface area contributed by atoms with Gasteiger partial charge in [-0.05, 0) is 23.6 Å². The van der Waals surface area contributed by atoms with Gasteiger partial charge in [-0.15, -0.1) is 0 Å². The minimum Gasteiger partial charge on any atom is -0.508 e. The fourth-order valence-electron chi connectivity index (χ4n) is 0.653. The van der Waals surface area contributed by atoms with Crippen molar-refractivity contribution in [2.45, 2.75) is 4.90 Å². The van der Waals surface area contributed by atoms with Crippen molar-refractivity contribution in [1.82, 2.24) is 0 Å². The highest BCUT2D eigenvalue weighted by molar-refractivity contribution is 8.02. The molecule has 0 amide bonds. The Bertz CT molecular complexity index is 232. The van der Waals surface area contributed by atoms with Crippen LogP contribution in [0.25, 0.3) is 0 Å². The molecule has 1 aromatic carbocycles. The third-order valence-electron chi connectivity index (χ3n) is 1.04. The Morgan fingerprint density at radius 2 is 2.30 bits per heavy atom. The van der Waals surface area contributed by atoms with E-state index in [0.717, 1.165) is 4.90 Å². The number of hydrogen-bond acceptors (Lipinski definition) is 2. The number of phenolic OH excluding ortho intramolecular Hbond substituents is 1. The Kier molecular flexibility index (Phi) is 2.40. The van der Waals surface area contributed by atoms with E-state index in [1.54, 1.807) is 23.6 Å². The van der Waals surface area contributed by atoms with E-state index in [4.69, 9.17) is 5.11 Å². The van der Waals surface area contributed by atoms with Crippen LogP contribution in [0.1, 0.15) is 0 Å². The molecular formula is C8H8OS. The van der Waals surface area contributed by atoms with Gasteiger partial charge >= 0.3 is 0 Å². The van der Waals surface area contributed by atoms with Crippen LogP contribution in [-0.4, -0.2) is 5.11 Å². The lowest BCUT2D eigenvalue weighted by Gasteiger charge is -1.94. The summed E-state index contributed by atoms with van der Waals surface area (Å²) in [5.74, 6) is 0.298. The van der Waals surface area contributed by atoms with Gasteiger partial charge in [-0.1, -0.05) is 24.4 Å². The Hall–Kier alpha value is -0.890. The van der Waals surface area contributed by atoms with Crippen molar-refractivity contribution >= 4 is 11.8 Å². The Morgan fingerprint density at radius 3 is 2.90 bits per heavy atom. The van der Waals surface area contributed by atoms with E-state index in [9.17, 15) is 0 Å². The lowest BCUT2D eigenvalue weighted by atomic mass is 10.3. The van der Waals surface area contributed by atoms with Crippen molar-refractivity contribution in [3.05, 3.63) is 36.3 Å². The van der Waals surface area contributed by atoms with E-state index < -0.39 is 0 Å². The first-order valence-corrected chi connectivity index (χ1v) is 3.77. The summed E-state index contributed by atoms with van der Waals surface area (Å²) in [5.41, 5.74) is 0. The number of phenols is 1. The predicted octanol–water partition coefficient (Wildman–Crippen LogP) is 2.63. The Morgan fingerprint density at radius 1 is 1.50 bits per heavy atom. The van der Waals surface area contributed by atoms with E-state index in [2.05, 4.69) is 6.58 Å². The maximum Gasteiger partial charge on any atom is 0.116 e. The zero-order valence-electron chi connectivity index (χ0n) is 5.45. The van der Waals surface area contributed by atoms with Crippen molar-refractivity contribution in [3.8, 4) is 5.75 Å². The van der Waals surface area contributed by atoms with Gasteiger partial charge in [-0.25, -0.2) is 0 Å². The van der Waals surface area contributed by atoms with Crippen LogP contribution in [0.5, 0.6) is 5.75 Å². The van der Waals surface area contributed by atoms with Gasteiger partial charge in [-0.2, -0.15) is 0 Å². The molecule has 0 heterocycles. The smallest absolute Gasteiger partial charge is 0.116 e. The largest absolute Gasteiger partial charge is 0.508 e. The van der Waals surface area contributed by atoms with Gasteiger partial charge in [-0.3, -0.25) is 0 Å². The van der Waals surface area contributed by atoms with E-state index in [-0.39, 0.29) is 0 Å². The number of aromatic hydroxyl groups is 1. The second-order valence-electron chi connectivity index (χ2n) is 1.78. The molecule has 0 saturated carbocycles. The number of hydrogen-bond donors (Lipinski definition) is 1. The first-order valence-electron chi connectivity index (χ1n) is 2.89. The van der Waals surface area contributed by atoms with Crippen molar-refractivity contribution in [1.29, 1.82) is 0 Å². The third kappa shape index (κ3) is 1.81. The van der Waals surface area contributed by atoms with Crippen molar-refractivity contribution in [3.63, 3.8) is 0 Å². The normalized spacial score (nSPS) is 9.20. The Balaban J connectivity index is 2.84. The maximum atomic E-state index is 8.99. The van der Waals surface area contributed by atoms with Crippen LogP contribution < -0.4 is 0 Å². The standard InChI is InChI=1S/C8H8OS/c1-2-10-8-5-3-4-7(9)6-8/h2-6,9H,1H2. The monoisotopic (exact) mass is 152 g/mol. The SMILES string of the molecule is C=CSc1cccc(O)c1. The molecule has 1 rings (SSSR count). The summed E-state index contributed by atoms with van der Waals surface area (Å²) < 4.78 is 0. The third-order valence-corrected chi connectivity index (χ3v) is 1.73. The van der Waals surface area contributed by atoms with Gasteiger partial charge < -0.3 is 5.11 Å². The maximum absolute atomic E-state index is 8.99. The molecule has 0 bridgehead atoms. The van der Waals surface area contributed by atoms with Crippen LogP contribution in [0.3, 0.4) is 0 Å². The minimum absolute atomic E-state index is 0.298. The summed E-state index contributed by atoms with van der Waals surface area (Å²) in [6.07, 6.45) is 0. The number of thioether (sulfide) groups is 1. The van der Waals surface area contributed by atoms with Crippen LogP contribution >= 0.6 is 11.8 Å².